The Kier molecular flexibility index (Phi) is 4.11. The number of benzene rings is 2. The Labute approximate surface area is 123 Å². The molecule has 0 atom stereocenters. The van der Waals surface area contributed by atoms with Gasteiger partial charge in [-0.05, 0) is 30.3 Å². The van der Waals surface area contributed by atoms with E-state index in [1.807, 2.05) is 0 Å². The van der Waals surface area contributed by atoms with E-state index in [2.05, 4.69) is 5.32 Å². The van der Waals surface area contributed by atoms with Crippen LogP contribution in [0.1, 0.15) is 10.4 Å². The van der Waals surface area contributed by atoms with Crippen molar-refractivity contribution in [2.75, 3.05) is 11.1 Å². The van der Waals surface area contributed by atoms with Crippen LogP contribution in [-0.2, 0) is 0 Å². The highest BCUT2D eigenvalue weighted by Gasteiger charge is 2.13. The van der Waals surface area contributed by atoms with Crippen LogP contribution in [0.15, 0.2) is 30.3 Å². The molecule has 0 radical (unpaired) electrons. The summed E-state index contributed by atoms with van der Waals surface area (Å²) in [7, 11) is 0. The minimum atomic E-state index is -0.771. The van der Waals surface area contributed by atoms with E-state index >= 15 is 0 Å². The van der Waals surface area contributed by atoms with Gasteiger partial charge in [0.05, 0.1) is 15.6 Å². The van der Waals surface area contributed by atoms with Crippen LogP contribution >= 0.6 is 23.2 Å². The van der Waals surface area contributed by atoms with E-state index in [1.165, 1.54) is 18.2 Å². The van der Waals surface area contributed by atoms with Gasteiger partial charge < -0.3 is 11.1 Å². The Bertz CT molecular complexity index is 669. The second-order valence-electron chi connectivity index (χ2n) is 3.94. The number of hydrogen-bond donors (Lipinski definition) is 2. The van der Waals surface area contributed by atoms with Crippen LogP contribution in [-0.4, -0.2) is 5.91 Å². The third-order valence-electron chi connectivity index (χ3n) is 2.50. The fourth-order valence-corrected chi connectivity index (χ4v) is 2.05. The number of rotatable bonds is 2. The summed E-state index contributed by atoms with van der Waals surface area (Å²) in [6.07, 6.45) is 0. The predicted octanol–water partition coefficient (Wildman–Crippen LogP) is 4.11. The molecule has 2 aromatic rings. The fourth-order valence-electron chi connectivity index (χ4n) is 1.57. The van der Waals surface area contributed by atoms with E-state index < -0.39 is 17.5 Å². The Balaban J connectivity index is 2.28. The monoisotopic (exact) mass is 316 g/mol. The zero-order valence-corrected chi connectivity index (χ0v) is 11.4. The number of nitrogen functional groups attached to an aromatic ring is 1. The Hall–Kier alpha value is -1.85. The molecule has 0 bridgehead atoms. The summed E-state index contributed by atoms with van der Waals surface area (Å²) in [4.78, 5) is 12.0. The zero-order chi connectivity index (χ0) is 14.9. The molecule has 0 heterocycles. The molecular weight excluding hydrogens is 309 g/mol. The molecule has 20 heavy (non-hydrogen) atoms. The van der Waals surface area contributed by atoms with Crippen LogP contribution in [0.3, 0.4) is 0 Å². The number of hydrogen-bond acceptors (Lipinski definition) is 2. The molecule has 2 rings (SSSR count). The quantitative estimate of drug-likeness (QED) is 0.647. The number of anilines is 2. The third kappa shape index (κ3) is 3.00. The van der Waals surface area contributed by atoms with E-state index in [0.717, 1.165) is 12.1 Å². The first-order valence-corrected chi connectivity index (χ1v) is 6.15. The summed E-state index contributed by atoms with van der Waals surface area (Å²) in [5.41, 5.74) is 5.82. The number of amides is 1. The first kappa shape index (κ1) is 14.6. The van der Waals surface area contributed by atoms with E-state index in [-0.39, 0.29) is 27.0 Å². The Morgan fingerprint density at radius 1 is 1.10 bits per heavy atom. The third-order valence-corrected chi connectivity index (χ3v) is 3.05. The Morgan fingerprint density at radius 3 is 2.25 bits per heavy atom. The van der Waals surface area contributed by atoms with E-state index in [9.17, 15) is 13.6 Å². The number of carbonyl (C=O) groups excluding carboxylic acids is 1. The van der Waals surface area contributed by atoms with Gasteiger partial charge in [0.15, 0.2) is 5.82 Å². The van der Waals surface area contributed by atoms with E-state index in [0.29, 0.717) is 0 Å². The molecule has 0 aliphatic carbocycles. The fraction of sp³-hybridized carbons (Fsp3) is 0. The van der Waals surface area contributed by atoms with Crippen molar-refractivity contribution in [1.82, 2.24) is 0 Å². The van der Waals surface area contributed by atoms with Gasteiger partial charge in [0.1, 0.15) is 5.82 Å². The van der Waals surface area contributed by atoms with Gasteiger partial charge in [0.25, 0.3) is 5.91 Å². The van der Waals surface area contributed by atoms with Crippen molar-refractivity contribution in [1.29, 1.82) is 0 Å². The highest BCUT2D eigenvalue weighted by Crippen LogP contribution is 2.27. The molecule has 0 aromatic heterocycles. The summed E-state index contributed by atoms with van der Waals surface area (Å²) in [5.74, 6) is -1.90. The highest BCUT2D eigenvalue weighted by molar-refractivity contribution is 6.35. The number of nitrogens with one attached hydrogen (secondary N) is 1. The second-order valence-corrected chi connectivity index (χ2v) is 4.75. The van der Waals surface area contributed by atoms with Crippen LogP contribution in [0.2, 0.25) is 10.0 Å². The van der Waals surface area contributed by atoms with Crippen molar-refractivity contribution in [2.24, 2.45) is 0 Å². The molecule has 0 saturated carbocycles. The summed E-state index contributed by atoms with van der Waals surface area (Å²) >= 11 is 11.2. The lowest BCUT2D eigenvalue weighted by atomic mass is 10.1. The van der Waals surface area contributed by atoms with E-state index in [4.69, 9.17) is 28.9 Å². The molecule has 3 N–H and O–H groups in total. The van der Waals surface area contributed by atoms with Gasteiger partial charge in [-0.15, -0.1) is 0 Å². The molecule has 0 unspecified atom stereocenters. The van der Waals surface area contributed by atoms with Crippen LogP contribution in [0, 0.1) is 11.6 Å². The summed E-state index contributed by atoms with van der Waals surface area (Å²) in [5, 5.41) is 2.01. The summed E-state index contributed by atoms with van der Waals surface area (Å²) < 4.78 is 26.1. The molecule has 1 amide bonds. The summed E-state index contributed by atoms with van der Waals surface area (Å²) in [6.45, 7) is 0. The lowest BCUT2D eigenvalue weighted by molar-refractivity contribution is 0.102. The van der Waals surface area contributed by atoms with Crippen LogP contribution in [0.5, 0.6) is 0 Å². The molecule has 104 valence electrons. The van der Waals surface area contributed by atoms with Crippen LogP contribution < -0.4 is 11.1 Å². The molecular formula is C13H8Cl2F2N2O. The van der Waals surface area contributed by atoms with Crippen molar-refractivity contribution >= 4 is 40.5 Å². The van der Waals surface area contributed by atoms with Gasteiger partial charge in [-0.25, -0.2) is 8.78 Å². The van der Waals surface area contributed by atoms with Gasteiger partial charge in [-0.3, -0.25) is 4.79 Å². The lowest BCUT2D eigenvalue weighted by Crippen LogP contribution is -2.14. The SMILES string of the molecule is Nc1cc(F)ccc1C(=O)Nc1cc(Cl)c(F)c(Cl)c1. The molecule has 0 saturated heterocycles. The van der Waals surface area contributed by atoms with Gasteiger partial charge in [-0.2, -0.15) is 0 Å². The lowest BCUT2D eigenvalue weighted by Gasteiger charge is -2.09. The van der Waals surface area contributed by atoms with Gasteiger partial charge in [0, 0.05) is 11.4 Å². The minimum absolute atomic E-state index is 0.0122. The maximum atomic E-state index is 13.2. The zero-order valence-electron chi connectivity index (χ0n) is 9.88. The maximum Gasteiger partial charge on any atom is 0.257 e. The van der Waals surface area contributed by atoms with Crippen molar-refractivity contribution in [3.8, 4) is 0 Å². The first-order valence-electron chi connectivity index (χ1n) is 5.39. The van der Waals surface area contributed by atoms with Crippen LogP contribution in [0.4, 0.5) is 20.2 Å². The average Bonchev–Trinajstić information content (AvgIpc) is 2.35. The molecule has 7 heteroatoms. The number of halogens is 4. The van der Waals surface area contributed by atoms with Crippen molar-refractivity contribution < 1.29 is 13.6 Å². The molecule has 2 aromatic carbocycles. The summed E-state index contributed by atoms with van der Waals surface area (Å²) in [6, 6.07) is 5.79. The average molecular weight is 317 g/mol. The molecule has 0 fully saturated rings. The molecule has 3 nitrogen and oxygen atoms in total. The van der Waals surface area contributed by atoms with E-state index in [1.54, 1.807) is 0 Å². The second kappa shape index (κ2) is 5.64. The van der Waals surface area contributed by atoms with Crippen molar-refractivity contribution in [3.63, 3.8) is 0 Å². The predicted molar refractivity (Wildman–Crippen MR) is 75.2 cm³/mol. The molecule has 0 aliphatic rings. The standard InChI is InChI=1S/C13H8Cl2F2N2O/c14-9-4-7(5-10(15)12(9)17)19-13(20)8-2-1-6(16)3-11(8)18/h1-5H,18H2,(H,19,20). The first-order chi connectivity index (χ1) is 9.38. The smallest absolute Gasteiger partial charge is 0.257 e. The van der Waals surface area contributed by atoms with Crippen molar-refractivity contribution in [2.45, 2.75) is 0 Å². The molecule has 0 spiro atoms. The van der Waals surface area contributed by atoms with Crippen LogP contribution in [0.25, 0.3) is 0 Å². The van der Waals surface area contributed by atoms with Gasteiger partial charge in [0.2, 0.25) is 0 Å². The van der Waals surface area contributed by atoms with Crippen molar-refractivity contribution in [3.05, 3.63) is 57.6 Å². The Morgan fingerprint density at radius 2 is 1.70 bits per heavy atom. The minimum Gasteiger partial charge on any atom is -0.398 e. The largest absolute Gasteiger partial charge is 0.398 e. The topological polar surface area (TPSA) is 55.1 Å². The van der Waals surface area contributed by atoms with Gasteiger partial charge in [-0.1, -0.05) is 23.2 Å². The van der Waals surface area contributed by atoms with Gasteiger partial charge >= 0.3 is 0 Å². The number of carbonyl (C=O) groups is 1. The number of nitrogens with two attached hydrogens (primary N) is 1. The molecule has 0 aliphatic heterocycles. The highest BCUT2D eigenvalue weighted by atomic mass is 35.5. The normalized spacial score (nSPS) is 10.4. The maximum absolute atomic E-state index is 13.2.